The predicted molar refractivity (Wildman–Crippen MR) is 71.4 cm³/mol. The van der Waals surface area contributed by atoms with E-state index in [1.807, 2.05) is 0 Å². The van der Waals surface area contributed by atoms with Gasteiger partial charge in [-0.05, 0) is 25.8 Å². The first-order chi connectivity index (χ1) is 9.50. The minimum atomic E-state index is -0.944. The summed E-state index contributed by atoms with van der Waals surface area (Å²) >= 11 is 0. The molecule has 1 N–H and O–H groups in total. The Hall–Kier alpha value is -1.49. The van der Waals surface area contributed by atoms with E-state index in [4.69, 9.17) is 5.11 Å². The number of carboxylic acids is 1. The first-order valence-corrected chi connectivity index (χ1v) is 6.92. The highest BCUT2D eigenvalue weighted by Crippen LogP contribution is 2.32. The van der Waals surface area contributed by atoms with Crippen LogP contribution in [-0.2, 0) is 4.79 Å². The van der Waals surface area contributed by atoms with Crippen LogP contribution in [0.5, 0.6) is 0 Å². The van der Waals surface area contributed by atoms with E-state index in [9.17, 15) is 13.6 Å². The van der Waals surface area contributed by atoms with E-state index in [-0.39, 0.29) is 18.2 Å². The monoisotopic (exact) mass is 283 g/mol. The van der Waals surface area contributed by atoms with Gasteiger partial charge in [-0.2, -0.15) is 0 Å². The summed E-state index contributed by atoms with van der Waals surface area (Å²) in [5.41, 5.74) is 0.221. The Morgan fingerprint density at radius 3 is 2.65 bits per heavy atom. The average molecular weight is 283 g/mol. The van der Waals surface area contributed by atoms with E-state index in [1.54, 1.807) is 11.8 Å². The van der Waals surface area contributed by atoms with Crippen LogP contribution in [0.4, 0.5) is 8.78 Å². The molecule has 1 aromatic carbocycles. The molecule has 1 aliphatic carbocycles. The third-order valence-corrected chi connectivity index (χ3v) is 4.04. The van der Waals surface area contributed by atoms with E-state index in [1.165, 1.54) is 12.1 Å². The van der Waals surface area contributed by atoms with Gasteiger partial charge in [0.1, 0.15) is 0 Å². The van der Waals surface area contributed by atoms with E-state index < -0.39 is 23.6 Å². The summed E-state index contributed by atoms with van der Waals surface area (Å²) in [7, 11) is 0. The Labute approximate surface area is 117 Å². The maximum atomic E-state index is 13.9. The number of carbonyl (C=O) groups is 1. The topological polar surface area (TPSA) is 40.5 Å². The Morgan fingerprint density at radius 1 is 1.40 bits per heavy atom. The SMILES string of the molecule is CC(c1cccc(F)c1F)N(CC(=O)O)C1CCCC1. The maximum absolute atomic E-state index is 13.9. The molecule has 110 valence electrons. The fourth-order valence-electron chi connectivity index (χ4n) is 3.00. The summed E-state index contributed by atoms with van der Waals surface area (Å²) in [6.07, 6.45) is 3.93. The van der Waals surface area contributed by atoms with Crippen molar-refractivity contribution in [2.45, 2.75) is 44.7 Å². The highest BCUT2D eigenvalue weighted by atomic mass is 19.2. The number of aliphatic carboxylic acids is 1. The molecule has 3 nitrogen and oxygen atoms in total. The normalized spacial score (nSPS) is 17.6. The molecule has 0 saturated heterocycles. The van der Waals surface area contributed by atoms with Crippen LogP contribution in [0.25, 0.3) is 0 Å². The second-order valence-corrected chi connectivity index (χ2v) is 5.32. The van der Waals surface area contributed by atoms with Crippen LogP contribution >= 0.6 is 0 Å². The van der Waals surface area contributed by atoms with Gasteiger partial charge in [-0.15, -0.1) is 0 Å². The molecule has 5 heteroatoms. The maximum Gasteiger partial charge on any atom is 0.317 e. The summed E-state index contributed by atoms with van der Waals surface area (Å²) in [5.74, 6) is -2.72. The number of hydrogen-bond acceptors (Lipinski definition) is 2. The Balaban J connectivity index is 2.27. The number of halogens is 2. The summed E-state index contributed by atoms with van der Waals surface area (Å²) in [6.45, 7) is 1.58. The molecular weight excluding hydrogens is 264 g/mol. The molecular formula is C15H19F2NO2. The standard InChI is InChI=1S/C15H19F2NO2/c1-10(12-7-4-8-13(16)15(12)17)18(9-14(19)20)11-5-2-3-6-11/h4,7-8,10-11H,2-3,5-6,9H2,1H3,(H,19,20). The highest BCUT2D eigenvalue weighted by molar-refractivity contribution is 5.69. The molecule has 20 heavy (non-hydrogen) atoms. The van der Waals surface area contributed by atoms with Gasteiger partial charge < -0.3 is 5.11 Å². The molecule has 0 amide bonds. The first-order valence-electron chi connectivity index (χ1n) is 6.92. The smallest absolute Gasteiger partial charge is 0.317 e. The van der Waals surface area contributed by atoms with Gasteiger partial charge in [-0.1, -0.05) is 25.0 Å². The molecule has 1 fully saturated rings. The molecule has 1 aromatic rings. The van der Waals surface area contributed by atoms with Crippen molar-refractivity contribution in [1.82, 2.24) is 4.90 Å². The van der Waals surface area contributed by atoms with E-state index in [0.717, 1.165) is 31.7 Å². The minimum absolute atomic E-state index is 0.128. The molecule has 0 aliphatic heterocycles. The van der Waals surface area contributed by atoms with Gasteiger partial charge >= 0.3 is 5.97 Å². The molecule has 1 saturated carbocycles. The van der Waals surface area contributed by atoms with Gasteiger partial charge in [-0.25, -0.2) is 8.78 Å². The number of nitrogens with zero attached hydrogens (tertiary/aromatic N) is 1. The van der Waals surface area contributed by atoms with E-state index in [2.05, 4.69) is 0 Å². The van der Waals surface area contributed by atoms with Gasteiger partial charge in [0.15, 0.2) is 11.6 Å². The van der Waals surface area contributed by atoms with Gasteiger partial charge in [0.2, 0.25) is 0 Å². The van der Waals surface area contributed by atoms with Crippen molar-refractivity contribution in [2.24, 2.45) is 0 Å². The number of rotatable bonds is 5. The molecule has 0 bridgehead atoms. The molecule has 2 rings (SSSR count). The lowest BCUT2D eigenvalue weighted by molar-refractivity contribution is -0.139. The summed E-state index contributed by atoms with van der Waals surface area (Å²) in [4.78, 5) is 12.8. The zero-order valence-electron chi connectivity index (χ0n) is 11.5. The summed E-state index contributed by atoms with van der Waals surface area (Å²) < 4.78 is 27.2. The average Bonchev–Trinajstić information content (AvgIpc) is 2.92. The molecule has 1 aliphatic rings. The van der Waals surface area contributed by atoms with Gasteiger partial charge in [0.05, 0.1) is 6.54 Å². The molecule has 1 atom stereocenters. The van der Waals surface area contributed by atoms with Crippen LogP contribution in [0, 0.1) is 11.6 Å². The second kappa shape index (κ2) is 6.31. The lowest BCUT2D eigenvalue weighted by Crippen LogP contribution is -2.39. The van der Waals surface area contributed by atoms with Crippen LogP contribution in [0.15, 0.2) is 18.2 Å². The molecule has 0 aromatic heterocycles. The summed E-state index contributed by atoms with van der Waals surface area (Å²) in [5, 5.41) is 9.05. The number of hydrogen-bond donors (Lipinski definition) is 1. The van der Waals surface area contributed by atoms with Gasteiger partial charge in [0, 0.05) is 17.6 Å². The molecule has 0 heterocycles. The van der Waals surface area contributed by atoms with Gasteiger partial charge in [-0.3, -0.25) is 9.69 Å². The Kier molecular flexibility index (Phi) is 4.70. The zero-order valence-corrected chi connectivity index (χ0v) is 11.5. The van der Waals surface area contributed by atoms with E-state index >= 15 is 0 Å². The van der Waals surface area contributed by atoms with Gasteiger partial charge in [0.25, 0.3) is 0 Å². The van der Waals surface area contributed by atoms with Crippen molar-refractivity contribution in [3.05, 3.63) is 35.4 Å². The van der Waals surface area contributed by atoms with Crippen molar-refractivity contribution < 1.29 is 18.7 Å². The minimum Gasteiger partial charge on any atom is -0.480 e. The van der Waals surface area contributed by atoms with Crippen LogP contribution in [-0.4, -0.2) is 28.6 Å². The zero-order chi connectivity index (χ0) is 14.7. The lowest BCUT2D eigenvalue weighted by atomic mass is 10.0. The molecule has 1 unspecified atom stereocenters. The van der Waals surface area contributed by atoms with Crippen molar-refractivity contribution in [3.63, 3.8) is 0 Å². The highest BCUT2D eigenvalue weighted by Gasteiger charge is 2.30. The fourth-order valence-corrected chi connectivity index (χ4v) is 3.00. The van der Waals surface area contributed by atoms with Crippen LogP contribution in [0.1, 0.15) is 44.2 Å². The van der Waals surface area contributed by atoms with Crippen LogP contribution in [0.3, 0.4) is 0 Å². The van der Waals surface area contributed by atoms with Crippen LogP contribution < -0.4 is 0 Å². The summed E-state index contributed by atoms with van der Waals surface area (Å²) in [6, 6.07) is 3.72. The molecule has 0 spiro atoms. The predicted octanol–water partition coefficient (Wildman–Crippen LogP) is 3.36. The van der Waals surface area contributed by atoms with E-state index in [0.29, 0.717) is 0 Å². The Morgan fingerprint density at radius 2 is 2.05 bits per heavy atom. The fraction of sp³-hybridized carbons (Fsp3) is 0.533. The third kappa shape index (κ3) is 3.15. The lowest BCUT2D eigenvalue weighted by Gasteiger charge is -2.33. The third-order valence-electron chi connectivity index (χ3n) is 4.04. The van der Waals surface area contributed by atoms with Crippen molar-refractivity contribution in [2.75, 3.05) is 6.54 Å². The quantitative estimate of drug-likeness (QED) is 0.901. The molecule has 0 radical (unpaired) electrons. The second-order valence-electron chi connectivity index (χ2n) is 5.32. The number of benzene rings is 1. The number of carboxylic acid groups (broad SMARTS) is 1. The van der Waals surface area contributed by atoms with Crippen molar-refractivity contribution in [3.8, 4) is 0 Å². The van der Waals surface area contributed by atoms with Crippen molar-refractivity contribution >= 4 is 5.97 Å². The Bertz CT molecular complexity index is 487. The van der Waals surface area contributed by atoms with Crippen LogP contribution in [0.2, 0.25) is 0 Å². The largest absolute Gasteiger partial charge is 0.480 e. The first kappa shape index (κ1) is 14.9. The van der Waals surface area contributed by atoms with Crippen molar-refractivity contribution in [1.29, 1.82) is 0 Å².